The second-order valence-electron chi connectivity index (χ2n) is 5.44. The lowest BCUT2D eigenvalue weighted by Crippen LogP contribution is -2.09. The zero-order valence-corrected chi connectivity index (χ0v) is 17.8. The summed E-state index contributed by atoms with van der Waals surface area (Å²) in [5.74, 6) is -0.723. The van der Waals surface area contributed by atoms with Gasteiger partial charge >= 0.3 is 0 Å². The van der Waals surface area contributed by atoms with Gasteiger partial charge in [-0.3, -0.25) is 9.79 Å². The first kappa shape index (κ1) is 21.0. The largest absolute Gasteiger partial charge is 0.358 e. The average Bonchev–Trinajstić information content (AvgIpc) is 2.66. The lowest BCUT2D eigenvalue weighted by Gasteiger charge is -2.10. The molecule has 0 aliphatic carbocycles. The highest BCUT2D eigenvalue weighted by molar-refractivity contribution is 14.2. The average molecular weight is 494 g/mol. The van der Waals surface area contributed by atoms with Crippen molar-refractivity contribution in [1.29, 1.82) is 5.26 Å². The van der Waals surface area contributed by atoms with Crippen LogP contribution in [0.25, 0.3) is 6.08 Å². The van der Waals surface area contributed by atoms with Gasteiger partial charge in [-0.25, -0.2) is 4.39 Å². The van der Waals surface area contributed by atoms with E-state index in [9.17, 15) is 14.4 Å². The third kappa shape index (κ3) is 5.59. The minimum atomic E-state index is -0.367. The first-order chi connectivity index (χ1) is 13.0. The van der Waals surface area contributed by atoms with Crippen LogP contribution in [0.15, 0.2) is 47.5 Å². The van der Waals surface area contributed by atoms with Crippen molar-refractivity contribution < 1.29 is 9.18 Å². The topological polar surface area (TPSA) is 77.3 Å². The van der Waals surface area contributed by atoms with Gasteiger partial charge in [0.05, 0.1) is 0 Å². The van der Waals surface area contributed by atoms with Crippen molar-refractivity contribution in [3.8, 4) is 6.07 Å². The predicted molar refractivity (Wildman–Crippen MR) is 119 cm³/mol. The normalized spacial score (nSPS) is 11.7. The predicted octanol–water partition coefficient (Wildman–Crippen LogP) is 5.08. The summed E-state index contributed by atoms with van der Waals surface area (Å²) in [7, 11) is 1.57. The molecule has 0 heterocycles. The monoisotopic (exact) mass is 494 g/mol. The fourth-order valence-corrected chi connectivity index (χ4v) is 3.53. The Morgan fingerprint density at radius 3 is 2.78 bits per heavy atom. The first-order valence-corrected chi connectivity index (χ1v) is 12.0. The van der Waals surface area contributed by atoms with E-state index in [0.29, 0.717) is 28.9 Å². The van der Waals surface area contributed by atoms with Crippen molar-refractivity contribution in [2.24, 2.45) is 4.99 Å². The molecular formula is C19H17FIN4OP. The van der Waals surface area contributed by atoms with Gasteiger partial charge in [0.2, 0.25) is 5.91 Å². The number of carbonyl (C=O) groups is 1. The molecule has 138 valence electrons. The SMILES string of the molecule is CN=C(C#N)c1ccc(/C=C/C(=O)Nc2cccc(F)c2C)cc1NPI. The highest BCUT2D eigenvalue weighted by Gasteiger charge is 2.09. The summed E-state index contributed by atoms with van der Waals surface area (Å²) < 4.78 is 13.6. The highest BCUT2D eigenvalue weighted by Crippen LogP contribution is 2.28. The van der Waals surface area contributed by atoms with E-state index in [1.807, 2.05) is 6.07 Å². The van der Waals surface area contributed by atoms with Gasteiger partial charge in [0, 0.05) is 42.0 Å². The number of amides is 1. The summed E-state index contributed by atoms with van der Waals surface area (Å²) in [6.07, 6.45) is 3.46. The van der Waals surface area contributed by atoms with Crippen molar-refractivity contribution in [2.45, 2.75) is 6.92 Å². The van der Waals surface area contributed by atoms with Gasteiger partial charge in [-0.05, 0) is 64.9 Å². The van der Waals surface area contributed by atoms with E-state index in [-0.39, 0.29) is 11.7 Å². The molecule has 0 spiro atoms. The molecule has 1 atom stereocenters. The van der Waals surface area contributed by atoms with Crippen molar-refractivity contribution in [2.75, 3.05) is 17.5 Å². The number of anilines is 2. The molecular weight excluding hydrogens is 477 g/mol. The molecule has 2 aromatic rings. The third-order valence-electron chi connectivity index (χ3n) is 3.76. The molecule has 2 rings (SSSR count). The van der Waals surface area contributed by atoms with Crippen LogP contribution in [0.5, 0.6) is 0 Å². The quantitative estimate of drug-likeness (QED) is 0.255. The Balaban J connectivity index is 2.21. The highest BCUT2D eigenvalue weighted by atomic mass is 127. The molecule has 0 radical (unpaired) electrons. The lowest BCUT2D eigenvalue weighted by atomic mass is 10.1. The molecule has 0 fully saturated rings. The molecule has 0 bridgehead atoms. The zero-order valence-electron chi connectivity index (χ0n) is 14.7. The van der Waals surface area contributed by atoms with E-state index >= 15 is 0 Å². The van der Waals surface area contributed by atoms with Crippen LogP contribution in [0.1, 0.15) is 16.7 Å². The summed E-state index contributed by atoms with van der Waals surface area (Å²) in [5.41, 5.74) is 3.43. The molecule has 5 nitrogen and oxygen atoms in total. The summed E-state index contributed by atoms with van der Waals surface area (Å²) in [6.45, 7) is 1.61. The number of halogens is 2. The third-order valence-corrected chi connectivity index (χ3v) is 4.94. The molecule has 0 saturated heterocycles. The van der Waals surface area contributed by atoms with E-state index in [1.54, 1.807) is 44.3 Å². The van der Waals surface area contributed by atoms with Gasteiger partial charge < -0.3 is 10.4 Å². The fourth-order valence-electron chi connectivity index (χ4n) is 2.35. The number of rotatable bonds is 6. The summed E-state index contributed by atoms with van der Waals surface area (Å²) in [6, 6.07) is 12.1. The van der Waals surface area contributed by atoms with Gasteiger partial charge in [0.15, 0.2) is 0 Å². The summed E-state index contributed by atoms with van der Waals surface area (Å²) in [5, 5.41) is 15.1. The maximum atomic E-state index is 13.6. The van der Waals surface area contributed by atoms with Crippen LogP contribution in [-0.2, 0) is 4.79 Å². The number of nitrogens with zero attached hydrogens (tertiary/aromatic N) is 2. The molecule has 0 saturated carbocycles. The van der Waals surface area contributed by atoms with Crippen molar-refractivity contribution >= 4 is 57.5 Å². The maximum absolute atomic E-state index is 13.6. The lowest BCUT2D eigenvalue weighted by molar-refractivity contribution is -0.111. The molecule has 27 heavy (non-hydrogen) atoms. The number of benzene rings is 2. The van der Waals surface area contributed by atoms with Gasteiger partial charge in [-0.15, -0.1) is 0 Å². The number of aliphatic imine (C=N–C) groups is 1. The van der Waals surface area contributed by atoms with Crippen LogP contribution < -0.4 is 10.4 Å². The Morgan fingerprint density at radius 2 is 2.11 bits per heavy atom. The van der Waals surface area contributed by atoms with Crippen LogP contribution in [0, 0.1) is 24.1 Å². The standard InChI is InChI=1S/C19H17FIN4OP/c1-12-15(20)4-3-5-16(12)24-19(26)9-7-13-6-8-14(18(11-22)23-2)17(10-13)25-27-21/h3-10,25,27H,1-2H3,(H,24,26)/b9-7+,23-18?. The summed E-state index contributed by atoms with van der Waals surface area (Å²) >= 11 is 2.20. The maximum Gasteiger partial charge on any atom is 0.248 e. The Labute approximate surface area is 172 Å². The fraction of sp³-hybridized carbons (Fsp3) is 0.105. The molecule has 1 amide bonds. The minimum absolute atomic E-state index is 0.335. The number of hydrogen-bond acceptors (Lipinski definition) is 4. The van der Waals surface area contributed by atoms with E-state index in [4.69, 9.17) is 0 Å². The van der Waals surface area contributed by atoms with Crippen molar-refractivity contribution in [1.82, 2.24) is 0 Å². The molecule has 0 aliphatic heterocycles. The van der Waals surface area contributed by atoms with E-state index in [2.05, 4.69) is 43.5 Å². The van der Waals surface area contributed by atoms with Crippen LogP contribution >= 0.6 is 28.4 Å². The Morgan fingerprint density at radius 1 is 1.33 bits per heavy atom. The molecule has 0 aliphatic rings. The number of nitrogens with one attached hydrogen (secondary N) is 2. The van der Waals surface area contributed by atoms with Gasteiger partial charge in [0.1, 0.15) is 17.6 Å². The molecule has 0 aromatic heterocycles. The number of nitriles is 1. The summed E-state index contributed by atoms with van der Waals surface area (Å²) in [4.78, 5) is 16.1. The van der Waals surface area contributed by atoms with E-state index in [1.165, 1.54) is 12.1 Å². The molecule has 2 aromatic carbocycles. The van der Waals surface area contributed by atoms with E-state index < -0.39 is 0 Å². The second kappa shape index (κ2) is 10.1. The molecule has 2 N–H and O–H groups in total. The van der Waals surface area contributed by atoms with Crippen molar-refractivity contribution in [3.63, 3.8) is 0 Å². The Bertz CT molecular complexity index is 953. The van der Waals surface area contributed by atoms with Crippen LogP contribution in [0.2, 0.25) is 0 Å². The van der Waals surface area contributed by atoms with Gasteiger partial charge in [0.25, 0.3) is 0 Å². The Hall–Kier alpha value is -2.30. The smallest absolute Gasteiger partial charge is 0.248 e. The first-order valence-electron chi connectivity index (χ1n) is 7.87. The van der Waals surface area contributed by atoms with Crippen LogP contribution in [0.4, 0.5) is 15.8 Å². The van der Waals surface area contributed by atoms with Gasteiger partial charge in [-0.2, -0.15) is 5.26 Å². The Kier molecular flexibility index (Phi) is 7.89. The van der Waals surface area contributed by atoms with E-state index in [0.717, 1.165) is 11.3 Å². The molecule has 1 unspecified atom stereocenters. The van der Waals surface area contributed by atoms with Crippen LogP contribution in [-0.4, -0.2) is 18.7 Å². The minimum Gasteiger partial charge on any atom is -0.358 e. The van der Waals surface area contributed by atoms with Crippen molar-refractivity contribution in [3.05, 3.63) is 65.0 Å². The van der Waals surface area contributed by atoms with Gasteiger partial charge in [-0.1, -0.05) is 12.1 Å². The van der Waals surface area contributed by atoms with Crippen LogP contribution in [0.3, 0.4) is 0 Å². The molecule has 8 heteroatoms. The second-order valence-corrected chi connectivity index (χ2v) is 7.50. The number of carbonyl (C=O) groups excluding carboxylic acids is 1. The zero-order chi connectivity index (χ0) is 19.8. The number of hydrogen-bond donors (Lipinski definition) is 2.